The summed E-state index contributed by atoms with van der Waals surface area (Å²) in [6.45, 7) is 1.71. The van der Waals surface area contributed by atoms with E-state index in [1.165, 1.54) is 0 Å². The van der Waals surface area contributed by atoms with E-state index in [0.717, 1.165) is 68.9 Å². The Labute approximate surface area is 204 Å². The number of nitrogens with one attached hydrogen (secondary N) is 3. The van der Waals surface area contributed by atoms with Crippen LogP contribution in [0.2, 0.25) is 0 Å². The van der Waals surface area contributed by atoms with E-state index in [2.05, 4.69) is 16.0 Å². The number of hydrogen-bond acceptors (Lipinski definition) is 5. The molecule has 0 spiro atoms. The molecule has 0 fully saturated rings. The molecule has 0 radical (unpaired) electrons. The summed E-state index contributed by atoms with van der Waals surface area (Å²) in [7, 11) is 1.77. The molecule has 192 valence electrons. The van der Waals surface area contributed by atoms with Gasteiger partial charge in [0.2, 0.25) is 11.8 Å². The Morgan fingerprint density at radius 1 is 0.853 bits per heavy atom. The van der Waals surface area contributed by atoms with Crippen molar-refractivity contribution >= 4 is 17.8 Å². The molecule has 2 amide bonds. The molecule has 0 heterocycles. The Morgan fingerprint density at radius 3 is 2.03 bits per heavy atom. The summed E-state index contributed by atoms with van der Waals surface area (Å²) in [6, 6.07) is 7.52. The van der Waals surface area contributed by atoms with Crippen molar-refractivity contribution in [1.29, 1.82) is 0 Å². The first-order valence-electron chi connectivity index (χ1n) is 12.7. The number of benzene rings is 1. The number of nitrogens with two attached hydrogens (primary N) is 1. The average molecular weight is 477 g/mol. The second-order valence-electron chi connectivity index (χ2n) is 8.81. The molecule has 6 N–H and O–H groups in total. The fourth-order valence-electron chi connectivity index (χ4n) is 3.75. The van der Waals surface area contributed by atoms with E-state index < -0.39 is 5.97 Å². The van der Waals surface area contributed by atoms with E-state index in [0.29, 0.717) is 32.5 Å². The predicted octanol–water partition coefficient (Wildman–Crippen LogP) is 2.88. The first-order chi connectivity index (χ1) is 16.5. The Bertz CT molecular complexity index is 709. The van der Waals surface area contributed by atoms with Crippen molar-refractivity contribution in [2.24, 2.45) is 5.73 Å². The monoisotopic (exact) mass is 476 g/mol. The first kappa shape index (κ1) is 29.6. The molecule has 1 aromatic carbocycles. The highest BCUT2D eigenvalue weighted by atomic mass is 16.4. The van der Waals surface area contributed by atoms with Gasteiger partial charge in [0.05, 0.1) is 12.5 Å². The second kappa shape index (κ2) is 18.9. The minimum atomic E-state index is -0.711. The lowest BCUT2D eigenvalue weighted by molar-refractivity contribution is -0.137. The topological polar surface area (TPSA) is 134 Å². The van der Waals surface area contributed by atoms with Crippen LogP contribution < -0.4 is 21.7 Å². The molecule has 1 rings (SSSR count). The van der Waals surface area contributed by atoms with Gasteiger partial charge < -0.3 is 26.8 Å². The SMILES string of the molecule is CNC(CCCN)C(=O)NCc1ccc(CC(=O)NCCCCCCCCCCC(=O)O)cc1. The maximum atomic E-state index is 12.2. The van der Waals surface area contributed by atoms with Gasteiger partial charge in [0.25, 0.3) is 0 Å². The Hall–Kier alpha value is -2.45. The van der Waals surface area contributed by atoms with Crippen LogP contribution in [-0.4, -0.2) is 49.1 Å². The van der Waals surface area contributed by atoms with Crippen molar-refractivity contribution < 1.29 is 19.5 Å². The number of likely N-dealkylation sites (N-methyl/N-ethyl adjacent to an activating group) is 1. The van der Waals surface area contributed by atoms with Crippen LogP contribution in [0.15, 0.2) is 24.3 Å². The molecule has 0 saturated heterocycles. The van der Waals surface area contributed by atoms with Gasteiger partial charge in [-0.25, -0.2) is 0 Å². The smallest absolute Gasteiger partial charge is 0.303 e. The molecule has 0 saturated carbocycles. The fraction of sp³-hybridized carbons (Fsp3) is 0.654. The summed E-state index contributed by atoms with van der Waals surface area (Å²) in [4.78, 5) is 34.9. The zero-order chi connectivity index (χ0) is 25.0. The lowest BCUT2D eigenvalue weighted by Crippen LogP contribution is -2.42. The summed E-state index contributed by atoms with van der Waals surface area (Å²) in [5, 5.41) is 17.5. The molecular weight excluding hydrogens is 432 g/mol. The van der Waals surface area contributed by atoms with Crippen molar-refractivity contribution in [2.45, 2.75) is 89.6 Å². The van der Waals surface area contributed by atoms with Crippen molar-refractivity contribution in [3.8, 4) is 0 Å². The van der Waals surface area contributed by atoms with Crippen LogP contribution in [-0.2, 0) is 27.3 Å². The molecule has 34 heavy (non-hydrogen) atoms. The third kappa shape index (κ3) is 14.6. The van der Waals surface area contributed by atoms with Crippen LogP contribution in [0.3, 0.4) is 0 Å². The number of amides is 2. The third-order valence-corrected chi connectivity index (χ3v) is 5.86. The third-order valence-electron chi connectivity index (χ3n) is 5.86. The summed E-state index contributed by atoms with van der Waals surface area (Å²) in [6.07, 6.45) is 10.5. The number of carbonyl (C=O) groups excluding carboxylic acids is 2. The first-order valence-corrected chi connectivity index (χ1v) is 12.7. The maximum Gasteiger partial charge on any atom is 0.303 e. The van der Waals surface area contributed by atoms with E-state index in [1.54, 1.807) is 7.05 Å². The number of rotatable bonds is 20. The van der Waals surface area contributed by atoms with Crippen LogP contribution in [0.25, 0.3) is 0 Å². The molecule has 8 heteroatoms. The summed E-state index contributed by atoms with van der Waals surface area (Å²) >= 11 is 0. The Kier molecular flexibility index (Phi) is 16.5. The van der Waals surface area contributed by atoms with Gasteiger partial charge in [0.15, 0.2) is 0 Å². The molecule has 0 aliphatic rings. The molecule has 1 aromatic rings. The lowest BCUT2D eigenvalue weighted by atomic mass is 10.1. The fourth-order valence-corrected chi connectivity index (χ4v) is 3.75. The van der Waals surface area contributed by atoms with Crippen molar-refractivity contribution in [1.82, 2.24) is 16.0 Å². The zero-order valence-corrected chi connectivity index (χ0v) is 20.7. The number of unbranched alkanes of at least 4 members (excludes halogenated alkanes) is 7. The lowest BCUT2D eigenvalue weighted by Gasteiger charge is -2.15. The number of carbonyl (C=O) groups is 3. The quantitative estimate of drug-likeness (QED) is 0.184. The normalized spacial score (nSPS) is 11.7. The highest BCUT2D eigenvalue weighted by molar-refractivity contribution is 5.81. The number of aliphatic carboxylic acids is 1. The summed E-state index contributed by atoms with van der Waals surface area (Å²) in [5.41, 5.74) is 7.46. The predicted molar refractivity (Wildman–Crippen MR) is 135 cm³/mol. The molecule has 0 bridgehead atoms. The van der Waals surface area contributed by atoms with E-state index >= 15 is 0 Å². The van der Waals surface area contributed by atoms with Crippen LogP contribution in [0.4, 0.5) is 0 Å². The van der Waals surface area contributed by atoms with Crippen molar-refractivity contribution in [2.75, 3.05) is 20.1 Å². The molecule has 0 aliphatic carbocycles. The van der Waals surface area contributed by atoms with Gasteiger partial charge in [0, 0.05) is 19.5 Å². The highest BCUT2D eigenvalue weighted by Gasteiger charge is 2.15. The molecule has 8 nitrogen and oxygen atoms in total. The molecule has 1 unspecified atom stereocenters. The summed E-state index contributed by atoms with van der Waals surface area (Å²) in [5.74, 6) is -0.719. The van der Waals surface area contributed by atoms with E-state index in [9.17, 15) is 14.4 Å². The standard InChI is InChI=1S/C26H44N4O4/c1-28-23(11-10-17-27)26(34)30-20-22-15-13-21(14-16-22)19-24(31)29-18-9-7-5-3-2-4-6-8-12-25(32)33/h13-16,23,28H,2-12,17-20,27H2,1H3,(H,29,31)(H,30,34)(H,32,33). The summed E-state index contributed by atoms with van der Waals surface area (Å²) < 4.78 is 0. The minimum Gasteiger partial charge on any atom is -0.481 e. The number of carboxylic acid groups (broad SMARTS) is 1. The minimum absolute atomic E-state index is 0.0243. The Balaban J connectivity index is 2.12. The second-order valence-corrected chi connectivity index (χ2v) is 8.81. The van der Waals surface area contributed by atoms with E-state index in [1.807, 2.05) is 24.3 Å². The number of carboxylic acids is 1. The molecule has 1 atom stereocenters. The maximum absolute atomic E-state index is 12.2. The Morgan fingerprint density at radius 2 is 1.44 bits per heavy atom. The van der Waals surface area contributed by atoms with Gasteiger partial charge >= 0.3 is 5.97 Å². The van der Waals surface area contributed by atoms with Gasteiger partial charge in [-0.15, -0.1) is 0 Å². The number of hydrogen-bond donors (Lipinski definition) is 5. The highest BCUT2D eigenvalue weighted by Crippen LogP contribution is 2.10. The van der Waals surface area contributed by atoms with Gasteiger partial charge in [-0.3, -0.25) is 14.4 Å². The molecular formula is C26H44N4O4. The van der Waals surface area contributed by atoms with Crippen molar-refractivity contribution in [3.05, 3.63) is 35.4 Å². The van der Waals surface area contributed by atoms with Crippen LogP contribution in [0, 0.1) is 0 Å². The van der Waals surface area contributed by atoms with Gasteiger partial charge in [0.1, 0.15) is 0 Å². The van der Waals surface area contributed by atoms with Crippen LogP contribution in [0.1, 0.15) is 81.8 Å². The van der Waals surface area contributed by atoms with Crippen LogP contribution in [0.5, 0.6) is 0 Å². The zero-order valence-electron chi connectivity index (χ0n) is 20.7. The van der Waals surface area contributed by atoms with Gasteiger partial charge in [-0.1, -0.05) is 62.8 Å². The van der Waals surface area contributed by atoms with Crippen molar-refractivity contribution in [3.63, 3.8) is 0 Å². The van der Waals surface area contributed by atoms with E-state index in [4.69, 9.17) is 10.8 Å². The van der Waals surface area contributed by atoms with E-state index in [-0.39, 0.29) is 24.3 Å². The average Bonchev–Trinajstić information content (AvgIpc) is 2.82. The molecule has 0 aromatic heterocycles. The van der Waals surface area contributed by atoms with Gasteiger partial charge in [-0.2, -0.15) is 0 Å². The van der Waals surface area contributed by atoms with Gasteiger partial charge in [-0.05, 0) is 50.4 Å². The van der Waals surface area contributed by atoms with Crippen LogP contribution >= 0.6 is 0 Å². The molecule has 0 aliphatic heterocycles. The largest absolute Gasteiger partial charge is 0.481 e.